The second-order valence-electron chi connectivity index (χ2n) is 12.2. The molecule has 6 aromatic rings. The highest BCUT2D eigenvalue weighted by atomic mass is 16.2. The summed E-state index contributed by atoms with van der Waals surface area (Å²) in [5, 5.41) is 35.7. The number of hydrogen-bond acceptors (Lipinski definition) is 12. The molecule has 0 radical (unpaired) electrons. The number of nitrogens with one attached hydrogen (secondary N) is 3. The molecule has 12 heteroatoms. The second-order valence-corrected chi connectivity index (χ2v) is 12.2. The molecular weight excluding hydrogens is 715 g/mol. The van der Waals surface area contributed by atoms with Crippen LogP contribution in [0.4, 0.5) is 34.1 Å². The lowest BCUT2D eigenvalue weighted by Crippen LogP contribution is -2.36. The van der Waals surface area contributed by atoms with Gasteiger partial charge in [0.2, 0.25) is 17.3 Å². The van der Waals surface area contributed by atoms with Gasteiger partial charge in [0.05, 0.1) is 17.1 Å². The molecule has 0 amide bonds. The van der Waals surface area contributed by atoms with Crippen molar-refractivity contribution in [2.24, 2.45) is 30.7 Å². The summed E-state index contributed by atoms with van der Waals surface area (Å²) >= 11 is 0. The van der Waals surface area contributed by atoms with Crippen LogP contribution >= 0.6 is 0 Å². The quantitative estimate of drug-likeness (QED) is 0.0641. The minimum Gasteiger partial charge on any atom is -0.338 e. The molecule has 0 aromatic heterocycles. The number of rotatable bonds is 12. The lowest BCUT2D eigenvalue weighted by molar-refractivity contribution is -0.124. The summed E-state index contributed by atoms with van der Waals surface area (Å²) < 4.78 is 0. The average Bonchev–Trinajstić information content (AvgIpc) is 3.26. The SMILES string of the molecule is O=C1C(=C(N=Nc2ccccc2)Nc2ccccc2)C(=O)C(=C(N=Nc2ccccc2)Nc2ccccc2)C(=O)C1=C(N=Nc1ccccc1)Nc1ccccc1. The molecule has 7 rings (SSSR count). The highest BCUT2D eigenvalue weighted by Crippen LogP contribution is 2.34. The normalized spacial score (nSPS) is 13.1. The van der Waals surface area contributed by atoms with Gasteiger partial charge in [-0.3, -0.25) is 14.4 Å². The molecule has 0 bridgehead atoms. The maximum absolute atomic E-state index is 15.0. The Labute approximate surface area is 327 Å². The Morgan fingerprint density at radius 3 is 0.737 bits per heavy atom. The summed E-state index contributed by atoms with van der Waals surface area (Å²) in [6.07, 6.45) is 0. The number of azo groups is 3. The molecule has 57 heavy (non-hydrogen) atoms. The summed E-state index contributed by atoms with van der Waals surface area (Å²) in [7, 11) is 0. The zero-order valence-electron chi connectivity index (χ0n) is 30.2. The Balaban J connectivity index is 1.52. The Morgan fingerprint density at radius 2 is 0.509 bits per heavy atom. The number of allylic oxidation sites excluding steroid dienone is 3. The molecule has 1 saturated carbocycles. The van der Waals surface area contributed by atoms with Crippen LogP contribution in [-0.4, -0.2) is 17.3 Å². The molecule has 0 saturated heterocycles. The Hall–Kier alpha value is -8.25. The predicted molar refractivity (Wildman–Crippen MR) is 219 cm³/mol. The van der Waals surface area contributed by atoms with Gasteiger partial charge in [-0.25, -0.2) is 0 Å². The van der Waals surface area contributed by atoms with E-state index in [4.69, 9.17) is 0 Å². The third-order valence-electron chi connectivity index (χ3n) is 8.25. The van der Waals surface area contributed by atoms with Crippen LogP contribution in [0.2, 0.25) is 0 Å². The fourth-order valence-corrected chi connectivity index (χ4v) is 5.52. The first-order valence-corrected chi connectivity index (χ1v) is 17.8. The highest BCUT2D eigenvalue weighted by Gasteiger charge is 2.45. The zero-order chi connectivity index (χ0) is 39.2. The summed E-state index contributed by atoms with van der Waals surface area (Å²) in [5.74, 6) is -3.57. The van der Waals surface area contributed by atoms with Crippen molar-refractivity contribution in [1.82, 2.24) is 0 Å². The van der Waals surface area contributed by atoms with Crippen molar-refractivity contribution >= 4 is 51.5 Å². The number of carbonyl (C=O) groups excluding carboxylic acids is 3. The van der Waals surface area contributed by atoms with Crippen LogP contribution in [0.3, 0.4) is 0 Å². The summed E-state index contributed by atoms with van der Waals surface area (Å²) in [6.45, 7) is 0. The summed E-state index contributed by atoms with van der Waals surface area (Å²) in [4.78, 5) is 45.0. The molecule has 276 valence electrons. The molecule has 0 atom stereocenters. The van der Waals surface area contributed by atoms with Gasteiger partial charge >= 0.3 is 0 Å². The van der Waals surface area contributed by atoms with Gasteiger partial charge in [0.1, 0.15) is 16.7 Å². The first-order valence-electron chi connectivity index (χ1n) is 17.8. The van der Waals surface area contributed by atoms with Crippen molar-refractivity contribution in [3.8, 4) is 0 Å². The van der Waals surface area contributed by atoms with Crippen LogP contribution in [0.15, 0.2) is 247 Å². The minimum atomic E-state index is -0.969. The van der Waals surface area contributed by atoms with Gasteiger partial charge in [0.25, 0.3) is 0 Å². The number of para-hydroxylation sites is 3. The van der Waals surface area contributed by atoms with Crippen LogP contribution < -0.4 is 16.0 Å². The third kappa shape index (κ3) is 9.47. The van der Waals surface area contributed by atoms with Crippen molar-refractivity contribution in [3.63, 3.8) is 0 Å². The first kappa shape index (κ1) is 37.1. The van der Waals surface area contributed by atoms with Gasteiger partial charge in [0.15, 0.2) is 17.5 Å². The molecule has 1 fully saturated rings. The van der Waals surface area contributed by atoms with Crippen molar-refractivity contribution in [2.75, 3.05) is 16.0 Å². The topological polar surface area (TPSA) is 161 Å². The van der Waals surface area contributed by atoms with E-state index in [1.165, 1.54) is 0 Å². The number of anilines is 3. The molecular formula is C45H33N9O3. The van der Waals surface area contributed by atoms with E-state index < -0.39 is 34.1 Å². The number of Topliss-reactive ketones (excluding diaryl/α,β-unsaturated/α-hetero) is 3. The minimum absolute atomic E-state index is 0.222. The third-order valence-corrected chi connectivity index (χ3v) is 8.25. The smallest absolute Gasteiger partial charge is 0.208 e. The van der Waals surface area contributed by atoms with E-state index in [0.29, 0.717) is 34.1 Å². The van der Waals surface area contributed by atoms with Gasteiger partial charge in [-0.15, -0.1) is 30.7 Å². The molecule has 0 heterocycles. The van der Waals surface area contributed by atoms with Crippen LogP contribution in [-0.2, 0) is 14.4 Å². The van der Waals surface area contributed by atoms with Gasteiger partial charge in [0, 0.05) is 17.1 Å². The van der Waals surface area contributed by atoms with Gasteiger partial charge in [-0.2, -0.15) is 0 Å². The van der Waals surface area contributed by atoms with Crippen LogP contribution in [0.25, 0.3) is 0 Å². The number of hydrogen-bond donors (Lipinski definition) is 3. The molecule has 0 aliphatic heterocycles. The summed E-state index contributed by atoms with van der Waals surface area (Å²) in [6, 6.07) is 53.0. The van der Waals surface area contributed by atoms with E-state index in [0.717, 1.165) is 0 Å². The average molecular weight is 748 g/mol. The van der Waals surface area contributed by atoms with Gasteiger partial charge in [-0.1, -0.05) is 109 Å². The molecule has 3 N–H and O–H groups in total. The van der Waals surface area contributed by atoms with Gasteiger partial charge in [-0.05, 0) is 72.8 Å². The first-order chi connectivity index (χ1) is 28.0. The Bertz CT molecular complexity index is 2240. The molecule has 6 aromatic carbocycles. The number of nitrogens with zero attached hydrogens (tertiary/aromatic N) is 6. The molecule has 0 spiro atoms. The van der Waals surface area contributed by atoms with Crippen molar-refractivity contribution < 1.29 is 14.4 Å². The van der Waals surface area contributed by atoms with Crippen LogP contribution in [0, 0.1) is 0 Å². The Kier molecular flexibility index (Phi) is 11.8. The van der Waals surface area contributed by atoms with E-state index in [1.54, 1.807) is 146 Å². The highest BCUT2D eigenvalue weighted by molar-refractivity contribution is 6.52. The van der Waals surface area contributed by atoms with Crippen molar-refractivity contribution in [3.05, 3.63) is 216 Å². The van der Waals surface area contributed by atoms with E-state index in [2.05, 4.69) is 46.6 Å². The molecule has 1 aliphatic rings. The van der Waals surface area contributed by atoms with Crippen molar-refractivity contribution in [1.29, 1.82) is 0 Å². The standard InChI is InChI=1S/C45H33N9O3/c55-40-37(43(46-31-19-7-1-8-20-31)52-49-34-25-13-4-14-26-34)41(56)39(45(48-33-23-11-3-12-24-33)54-51-36-29-17-6-18-30-36)42(57)38(40)44(47-32-21-9-2-10-22-32)53-50-35-27-15-5-16-28-35/h1-30,46-48H. The van der Waals surface area contributed by atoms with E-state index in [1.807, 2.05) is 36.4 Å². The van der Waals surface area contributed by atoms with E-state index in [9.17, 15) is 0 Å². The van der Waals surface area contributed by atoms with Gasteiger partial charge < -0.3 is 16.0 Å². The zero-order valence-corrected chi connectivity index (χ0v) is 30.2. The van der Waals surface area contributed by atoms with E-state index in [-0.39, 0.29) is 17.5 Å². The van der Waals surface area contributed by atoms with Crippen LogP contribution in [0.1, 0.15) is 0 Å². The van der Waals surface area contributed by atoms with E-state index >= 15 is 14.4 Å². The molecule has 12 nitrogen and oxygen atoms in total. The molecule has 1 aliphatic carbocycles. The number of benzene rings is 6. The number of carbonyl (C=O) groups is 3. The lowest BCUT2D eigenvalue weighted by atomic mass is 9.82. The fourth-order valence-electron chi connectivity index (χ4n) is 5.52. The monoisotopic (exact) mass is 747 g/mol. The number of ketones is 3. The predicted octanol–water partition coefficient (Wildman–Crippen LogP) is 11.0. The largest absolute Gasteiger partial charge is 0.338 e. The second kappa shape index (κ2) is 18.2. The fraction of sp³-hybridized carbons (Fsp3) is 0. The summed E-state index contributed by atoms with van der Waals surface area (Å²) in [5.41, 5.74) is 1.38. The maximum atomic E-state index is 15.0. The molecule has 0 unspecified atom stereocenters. The lowest BCUT2D eigenvalue weighted by Gasteiger charge is -2.22. The Morgan fingerprint density at radius 1 is 0.298 bits per heavy atom. The van der Waals surface area contributed by atoms with Crippen molar-refractivity contribution in [2.45, 2.75) is 0 Å². The maximum Gasteiger partial charge on any atom is 0.208 e. The van der Waals surface area contributed by atoms with Crippen LogP contribution in [0.5, 0.6) is 0 Å².